The van der Waals surface area contributed by atoms with Gasteiger partial charge in [0.15, 0.2) is 9.84 Å². The number of benzene rings is 3. The molecule has 3 nitrogen and oxygen atoms in total. The third-order valence-corrected chi connectivity index (χ3v) is 7.27. The molecule has 4 heteroatoms. The number of allylic oxidation sites excluding steroid dienone is 2. The summed E-state index contributed by atoms with van der Waals surface area (Å²) in [7, 11) is -3.39. The van der Waals surface area contributed by atoms with Crippen molar-refractivity contribution in [2.45, 2.75) is 38.0 Å². The van der Waals surface area contributed by atoms with Gasteiger partial charge in [0.25, 0.3) is 0 Å². The number of nitrogens with zero attached hydrogens (tertiary/aromatic N) is 1. The summed E-state index contributed by atoms with van der Waals surface area (Å²) in [6, 6.07) is 24.4. The molecule has 1 saturated heterocycles. The third kappa shape index (κ3) is 8.49. The van der Waals surface area contributed by atoms with Gasteiger partial charge in [-0.05, 0) is 93.8 Å². The lowest BCUT2D eigenvalue weighted by Crippen LogP contribution is -2.29. The maximum absolute atomic E-state index is 12.3. The smallest absolute Gasteiger partial charge is 0.189 e. The maximum Gasteiger partial charge on any atom is 0.189 e. The fourth-order valence-electron chi connectivity index (χ4n) is 3.63. The fourth-order valence-corrected chi connectivity index (χ4v) is 4.63. The van der Waals surface area contributed by atoms with Crippen LogP contribution >= 0.6 is 0 Å². The van der Waals surface area contributed by atoms with Crippen molar-refractivity contribution in [3.8, 4) is 23.7 Å². The topological polar surface area (TPSA) is 37.4 Å². The van der Waals surface area contributed by atoms with E-state index in [-0.39, 0.29) is 5.75 Å². The zero-order valence-electron chi connectivity index (χ0n) is 21.1. The molecule has 0 amide bonds. The zero-order chi connectivity index (χ0) is 25.6. The van der Waals surface area contributed by atoms with Crippen LogP contribution in [0.2, 0.25) is 0 Å². The van der Waals surface area contributed by atoms with E-state index in [1.54, 1.807) is 30.3 Å². The van der Waals surface area contributed by atoms with Crippen molar-refractivity contribution in [3.63, 3.8) is 0 Å². The first-order valence-corrected chi connectivity index (χ1v) is 14.0. The molecule has 0 saturated carbocycles. The van der Waals surface area contributed by atoms with E-state index in [1.165, 1.54) is 24.9 Å². The van der Waals surface area contributed by atoms with Crippen molar-refractivity contribution in [3.05, 3.63) is 108 Å². The molecule has 0 aliphatic carbocycles. The number of hydrogen-bond acceptors (Lipinski definition) is 3. The van der Waals surface area contributed by atoms with Crippen LogP contribution in [0.25, 0.3) is 0 Å². The molecule has 3 aromatic carbocycles. The molecule has 1 aliphatic heterocycles. The Labute approximate surface area is 216 Å². The lowest BCUT2D eigenvalue weighted by atomic mass is 10.1. The Hall–Kier alpha value is -3.73. The molecule has 0 aromatic heterocycles. The minimum atomic E-state index is -3.39. The highest BCUT2D eigenvalue weighted by Gasteiger charge is 2.11. The average molecular weight is 496 g/mol. The molecule has 0 atom stereocenters. The van der Waals surface area contributed by atoms with Crippen LogP contribution in [0.4, 0.5) is 5.69 Å². The first-order valence-electron chi connectivity index (χ1n) is 12.3. The summed E-state index contributed by atoms with van der Waals surface area (Å²) in [6.45, 7) is 6.27. The number of anilines is 1. The number of hydrogen-bond donors (Lipinski definition) is 0. The minimum absolute atomic E-state index is 0.202. The molecule has 3 aromatic rings. The van der Waals surface area contributed by atoms with E-state index in [1.807, 2.05) is 50.3 Å². The number of rotatable bonds is 3. The monoisotopic (exact) mass is 495 g/mol. The number of sulfone groups is 1. The highest BCUT2D eigenvalue weighted by Crippen LogP contribution is 2.20. The molecule has 184 valence electrons. The van der Waals surface area contributed by atoms with Crippen LogP contribution in [0.15, 0.2) is 95.9 Å². The maximum atomic E-state index is 12.3. The summed E-state index contributed by atoms with van der Waals surface area (Å²) < 4.78 is 24.6. The summed E-state index contributed by atoms with van der Waals surface area (Å²) in [4.78, 5) is 2.73. The zero-order valence-corrected chi connectivity index (χ0v) is 21.9. The first-order chi connectivity index (χ1) is 17.5. The summed E-state index contributed by atoms with van der Waals surface area (Å²) >= 11 is 0. The Bertz CT molecular complexity index is 1340. The van der Waals surface area contributed by atoms with Crippen molar-refractivity contribution in [2.75, 3.05) is 23.7 Å². The minimum Gasteiger partial charge on any atom is -0.372 e. The van der Waals surface area contributed by atoms with Crippen molar-refractivity contribution in [1.29, 1.82) is 0 Å². The average Bonchev–Trinajstić information content (AvgIpc) is 2.94. The molecular weight excluding hydrogens is 462 g/mol. The quantitative estimate of drug-likeness (QED) is 0.308. The Kier molecular flexibility index (Phi) is 10.4. The van der Waals surface area contributed by atoms with Crippen LogP contribution in [0.1, 0.15) is 49.8 Å². The predicted octanol–water partition coefficient (Wildman–Crippen LogP) is 6.48. The van der Waals surface area contributed by atoms with Crippen LogP contribution in [-0.4, -0.2) is 27.3 Å². The van der Waals surface area contributed by atoms with Gasteiger partial charge in [0.2, 0.25) is 0 Å². The van der Waals surface area contributed by atoms with Gasteiger partial charge in [-0.1, -0.05) is 54.0 Å². The van der Waals surface area contributed by atoms with Crippen LogP contribution in [0.5, 0.6) is 0 Å². The molecule has 1 heterocycles. The Morgan fingerprint density at radius 2 is 1.19 bits per heavy atom. The highest BCUT2D eigenvalue weighted by atomic mass is 32.2. The summed E-state index contributed by atoms with van der Waals surface area (Å²) in [5.41, 5.74) is 3.92. The van der Waals surface area contributed by atoms with Gasteiger partial charge in [0.1, 0.15) is 5.75 Å². The van der Waals surface area contributed by atoms with Crippen molar-refractivity contribution in [1.82, 2.24) is 0 Å². The van der Waals surface area contributed by atoms with Crippen molar-refractivity contribution >= 4 is 15.5 Å². The van der Waals surface area contributed by atoms with E-state index in [9.17, 15) is 8.42 Å². The second-order valence-electron chi connectivity index (χ2n) is 8.46. The van der Waals surface area contributed by atoms with Gasteiger partial charge in [-0.3, -0.25) is 0 Å². The van der Waals surface area contributed by atoms with E-state index in [0.29, 0.717) is 4.90 Å². The van der Waals surface area contributed by atoms with E-state index in [2.05, 4.69) is 52.8 Å². The normalized spacial score (nSPS) is 13.0. The Morgan fingerprint density at radius 1 is 0.694 bits per heavy atom. The lowest BCUT2D eigenvalue weighted by Gasteiger charge is -2.28. The third-order valence-electron chi connectivity index (χ3n) is 5.76. The van der Waals surface area contributed by atoms with Crippen molar-refractivity contribution in [2.24, 2.45) is 0 Å². The molecule has 1 fully saturated rings. The second-order valence-corrected chi connectivity index (χ2v) is 10.5. The van der Waals surface area contributed by atoms with Crippen LogP contribution in [0, 0.1) is 23.7 Å². The highest BCUT2D eigenvalue weighted by molar-refractivity contribution is 7.91. The van der Waals surface area contributed by atoms with E-state index in [0.717, 1.165) is 29.8 Å². The lowest BCUT2D eigenvalue weighted by molar-refractivity contribution is 0.578. The predicted molar refractivity (Wildman–Crippen MR) is 151 cm³/mol. The van der Waals surface area contributed by atoms with E-state index < -0.39 is 9.84 Å². The summed E-state index contributed by atoms with van der Waals surface area (Å²) in [6.07, 6.45) is 7.87. The van der Waals surface area contributed by atoms with Crippen LogP contribution < -0.4 is 4.90 Å². The van der Waals surface area contributed by atoms with Gasteiger partial charge in [0.05, 0.1) is 4.90 Å². The van der Waals surface area contributed by atoms with Gasteiger partial charge in [-0.2, -0.15) is 0 Å². The fraction of sp³-hybridized carbons (Fsp3) is 0.250. The molecule has 4 rings (SSSR count). The van der Waals surface area contributed by atoms with Crippen LogP contribution in [-0.2, 0) is 9.84 Å². The molecule has 0 radical (unpaired) electrons. The van der Waals surface area contributed by atoms with Gasteiger partial charge >= 0.3 is 0 Å². The van der Waals surface area contributed by atoms with Crippen molar-refractivity contribution < 1.29 is 8.42 Å². The second kappa shape index (κ2) is 14.0. The number of piperidine rings is 1. The van der Waals surface area contributed by atoms with Gasteiger partial charge in [-0.25, -0.2) is 8.42 Å². The molecule has 0 spiro atoms. The molecule has 36 heavy (non-hydrogen) atoms. The summed E-state index contributed by atoms with van der Waals surface area (Å²) in [5.74, 6) is 11.9. The van der Waals surface area contributed by atoms with Gasteiger partial charge in [-0.15, -0.1) is 0 Å². The summed E-state index contributed by atoms with van der Waals surface area (Å²) in [5, 5.41) is 0. The standard InChI is InChI=1S/C28H25NO2S.C4H8/c30-32(31,28-9-3-1-4-10-28)23-7-8-24-11-13-25(14-12-24)15-16-26-17-19-27(20-18-26)29-21-5-2-6-22-29;1-3-4-2/h1,3-4,9-14,17-20H,2,5-6,21-23H2;3-4H,1-2H3/b;4-3-. The Balaban J connectivity index is 0.000000840. The molecular formula is C32H33NO2S. The molecule has 1 aliphatic rings. The first kappa shape index (κ1) is 26.9. The SMILES string of the molecule is C/C=C\C.O=S(=O)(CC#Cc1ccc(C#Cc2ccc(N3CCCCC3)cc2)cc1)c1ccccc1. The van der Waals surface area contributed by atoms with Crippen LogP contribution in [0.3, 0.4) is 0 Å². The molecule has 0 N–H and O–H groups in total. The van der Waals surface area contributed by atoms with E-state index >= 15 is 0 Å². The molecule has 0 unspecified atom stereocenters. The molecule has 0 bridgehead atoms. The van der Waals surface area contributed by atoms with E-state index in [4.69, 9.17) is 0 Å². The van der Waals surface area contributed by atoms with Gasteiger partial charge in [0, 0.05) is 35.5 Å². The van der Waals surface area contributed by atoms with Gasteiger partial charge < -0.3 is 4.90 Å². The Morgan fingerprint density at radius 3 is 1.72 bits per heavy atom. The largest absolute Gasteiger partial charge is 0.372 e.